The summed E-state index contributed by atoms with van der Waals surface area (Å²) in [5.41, 5.74) is -0.450. The van der Waals surface area contributed by atoms with Gasteiger partial charge >= 0.3 is 6.09 Å². The highest BCUT2D eigenvalue weighted by atomic mass is 16.6. The van der Waals surface area contributed by atoms with Crippen LogP contribution in [0.3, 0.4) is 0 Å². The lowest BCUT2D eigenvalue weighted by atomic mass is 10.2. The van der Waals surface area contributed by atoms with Gasteiger partial charge in [-0.1, -0.05) is 0 Å². The molecule has 1 N–H and O–H groups in total. The smallest absolute Gasteiger partial charge is 0.410 e. The Balaban J connectivity index is 2.57. The zero-order chi connectivity index (χ0) is 12.9. The first kappa shape index (κ1) is 14.3. The summed E-state index contributed by atoms with van der Waals surface area (Å²) in [4.78, 5) is 13.8. The van der Waals surface area contributed by atoms with E-state index < -0.39 is 5.60 Å². The van der Waals surface area contributed by atoms with Crippen LogP contribution in [-0.4, -0.2) is 56.0 Å². The van der Waals surface area contributed by atoms with Crippen molar-refractivity contribution in [3.05, 3.63) is 0 Å². The molecule has 1 fully saturated rings. The number of nitrogens with zero attached hydrogens (tertiary/aromatic N) is 1. The number of methoxy groups -OCH3 is 1. The molecule has 0 saturated carbocycles. The number of carbonyl (C=O) groups excluding carboxylic acids is 1. The molecule has 0 radical (unpaired) electrons. The van der Waals surface area contributed by atoms with Crippen molar-refractivity contribution in [3.8, 4) is 0 Å². The second kappa shape index (κ2) is 6.21. The maximum absolute atomic E-state index is 12.1. The fourth-order valence-corrected chi connectivity index (χ4v) is 1.84. The maximum Gasteiger partial charge on any atom is 0.410 e. The van der Waals surface area contributed by atoms with Crippen molar-refractivity contribution in [1.82, 2.24) is 10.2 Å². The molecule has 1 saturated heterocycles. The van der Waals surface area contributed by atoms with Gasteiger partial charge < -0.3 is 19.7 Å². The fourth-order valence-electron chi connectivity index (χ4n) is 1.84. The van der Waals surface area contributed by atoms with Gasteiger partial charge in [0.25, 0.3) is 0 Å². The normalized spacial score (nSPS) is 20.4. The number of nitrogens with one attached hydrogen (secondary N) is 1. The monoisotopic (exact) mass is 244 g/mol. The van der Waals surface area contributed by atoms with E-state index in [0.29, 0.717) is 13.2 Å². The van der Waals surface area contributed by atoms with Gasteiger partial charge in [0.1, 0.15) is 5.60 Å². The summed E-state index contributed by atoms with van der Waals surface area (Å²) < 4.78 is 10.5. The molecule has 0 spiro atoms. The molecule has 1 rings (SSSR count). The number of hydrogen-bond donors (Lipinski definition) is 1. The number of amides is 1. The van der Waals surface area contributed by atoms with Crippen molar-refractivity contribution < 1.29 is 14.3 Å². The fraction of sp³-hybridized carbons (Fsp3) is 0.917. The zero-order valence-corrected chi connectivity index (χ0v) is 11.3. The van der Waals surface area contributed by atoms with Gasteiger partial charge in [-0.25, -0.2) is 4.79 Å². The molecule has 0 aromatic carbocycles. The van der Waals surface area contributed by atoms with E-state index in [4.69, 9.17) is 9.47 Å². The average Bonchev–Trinajstić information content (AvgIpc) is 2.68. The van der Waals surface area contributed by atoms with Crippen LogP contribution in [0.5, 0.6) is 0 Å². The molecule has 1 heterocycles. The molecule has 1 aliphatic rings. The Labute approximate surface area is 103 Å². The van der Waals surface area contributed by atoms with E-state index in [9.17, 15) is 4.79 Å². The van der Waals surface area contributed by atoms with Crippen LogP contribution < -0.4 is 5.32 Å². The van der Waals surface area contributed by atoms with E-state index in [0.717, 1.165) is 19.5 Å². The summed E-state index contributed by atoms with van der Waals surface area (Å²) in [5.74, 6) is 0. The summed E-state index contributed by atoms with van der Waals surface area (Å²) in [7, 11) is 1.64. The molecular formula is C12H24N2O3. The van der Waals surface area contributed by atoms with Gasteiger partial charge in [0.15, 0.2) is 0 Å². The van der Waals surface area contributed by atoms with Crippen LogP contribution in [0.25, 0.3) is 0 Å². The lowest BCUT2D eigenvalue weighted by Gasteiger charge is -2.31. The lowest BCUT2D eigenvalue weighted by molar-refractivity contribution is 0.0121. The lowest BCUT2D eigenvalue weighted by Crippen LogP contribution is -2.45. The molecular weight excluding hydrogens is 220 g/mol. The highest BCUT2D eigenvalue weighted by Gasteiger charge is 2.29. The summed E-state index contributed by atoms with van der Waals surface area (Å²) in [6.45, 7) is 8.55. The topological polar surface area (TPSA) is 50.8 Å². The average molecular weight is 244 g/mol. The van der Waals surface area contributed by atoms with E-state index in [1.54, 1.807) is 12.0 Å². The van der Waals surface area contributed by atoms with Gasteiger partial charge in [0.05, 0.1) is 6.61 Å². The molecule has 17 heavy (non-hydrogen) atoms. The van der Waals surface area contributed by atoms with Crippen LogP contribution in [0, 0.1) is 0 Å². The van der Waals surface area contributed by atoms with Crippen LogP contribution in [0.1, 0.15) is 27.2 Å². The van der Waals surface area contributed by atoms with Crippen molar-refractivity contribution in [2.24, 2.45) is 0 Å². The van der Waals surface area contributed by atoms with Gasteiger partial charge in [-0.3, -0.25) is 0 Å². The molecule has 5 nitrogen and oxygen atoms in total. The van der Waals surface area contributed by atoms with Gasteiger partial charge in [0.2, 0.25) is 0 Å². The number of ether oxygens (including phenoxy) is 2. The first-order valence-electron chi connectivity index (χ1n) is 6.13. The predicted octanol–water partition coefficient (Wildman–Crippen LogP) is 1.23. The molecule has 0 aliphatic carbocycles. The minimum Gasteiger partial charge on any atom is -0.444 e. The third-order valence-electron chi connectivity index (χ3n) is 2.64. The van der Waals surface area contributed by atoms with Crippen molar-refractivity contribution >= 4 is 6.09 Å². The minimum absolute atomic E-state index is 0.222. The predicted molar refractivity (Wildman–Crippen MR) is 66.1 cm³/mol. The molecule has 0 aromatic rings. The third kappa shape index (κ3) is 4.91. The van der Waals surface area contributed by atoms with E-state index in [1.807, 2.05) is 20.8 Å². The molecule has 1 amide bonds. The van der Waals surface area contributed by atoms with E-state index >= 15 is 0 Å². The van der Waals surface area contributed by atoms with Crippen LogP contribution in [0.4, 0.5) is 4.79 Å². The molecule has 5 heteroatoms. The Kier molecular flexibility index (Phi) is 5.21. The van der Waals surface area contributed by atoms with Gasteiger partial charge in [-0.2, -0.15) is 0 Å². The first-order chi connectivity index (χ1) is 7.94. The second-order valence-corrected chi connectivity index (χ2v) is 5.31. The Bertz CT molecular complexity index is 245. The van der Waals surface area contributed by atoms with Crippen molar-refractivity contribution in [1.29, 1.82) is 0 Å². The summed E-state index contributed by atoms with van der Waals surface area (Å²) >= 11 is 0. The Hall–Kier alpha value is -0.810. The highest BCUT2D eigenvalue weighted by molar-refractivity contribution is 5.68. The van der Waals surface area contributed by atoms with Gasteiger partial charge in [-0.05, 0) is 33.7 Å². The minimum atomic E-state index is -0.450. The summed E-state index contributed by atoms with van der Waals surface area (Å²) in [6, 6.07) is 0.222. The second-order valence-electron chi connectivity index (χ2n) is 5.31. The van der Waals surface area contributed by atoms with Crippen LogP contribution in [-0.2, 0) is 9.47 Å². The van der Waals surface area contributed by atoms with E-state index in [-0.39, 0.29) is 12.1 Å². The van der Waals surface area contributed by atoms with Crippen molar-refractivity contribution in [2.45, 2.75) is 38.8 Å². The first-order valence-corrected chi connectivity index (χ1v) is 6.13. The summed E-state index contributed by atoms with van der Waals surface area (Å²) in [5, 5.41) is 3.26. The van der Waals surface area contributed by atoms with Gasteiger partial charge in [-0.15, -0.1) is 0 Å². The largest absolute Gasteiger partial charge is 0.444 e. The molecule has 0 aromatic heterocycles. The Morgan fingerprint density at radius 1 is 1.47 bits per heavy atom. The van der Waals surface area contributed by atoms with Crippen LogP contribution in [0.15, 0.2) is 0 Å². The van der Waals surface area contributed by atoms with Crippen LogP contribution in [0.2, 0.25) is 0 Å². The summed E-state index contributed by atoms with van der Waals surface area (Å²) in [6.07, 6.45) is 0.728. The van der Waals surface area contributed by atoms with Gasteiger partial charge in [0, 0.05) is 26.2 Å². The highest BCUT2D eigenvalue weighted by Crippen LogP contribution is 2.15. The van der Waals surface area contributed by atoms with E-state index in [1.165, 1.54) is 0 Å². The Morgan fingerprint density at radius 2 is 2.18 bits per heavy atom. The van der Waals surface area contributed by atoms with E-state index in [2.05, 4.69) is 5.32 Å². The van der Waals surface area contributed by atoms with Crippen molar-refractivity contribution in [3.63, 3.8) is 0 Å². The molecule has 0 unspecified atom stereocenters. The Morgan fingerprint density at radius 3 is 2.65 bits per heavy atom. The molecule has 1 atom stereocenters. The molecule has 0 bridgehead atoms. The maximum atomic E-state index is 12.1. The number of carbonyl (C=O) groups is 1. The van der Waals surface area contributed by atoms with Crippen molar-refractivity contribution in [2.75, 3.05) is 33.4 Å². The zero-order valence-electron chi connectivity index (χ0n) is 11.3. The van der Waals surface area contributed by atoms with Crippen LogP contribution >= 0.6 is 0 Å². The standard InChI is InChI=1S/C12H24N2O3/c1-12(2,3)17-11(15)14(7-8-16-4)10-5-6-13-9-10/h10,13H,5-9H2,1-4H3/t10-/m0/s1. The SMILES string of the molecule is COCCN(C(=O)OC(C)(C)C)[C@H]1CCNC1. The third-order valence-corrected chi connectivity index (χ3v) is 2.64. The molecule has 1 aliphatic heterocycles. The number of hydrogen-bond acceptors (Lipinski definition) is 4. The quantitative estimate of drug-likeness (QED) is 0.808. The molecule has 100 valence electrons. The number of rotatable bonds is 4.